The third-order valence-electron chi connectivity index (χ3n) is 16.7. The van der Waals surface area contributed by atoms with Crippen LogP contribution >= 0.6 is 0 Å². The van der Waals surface area contributed by atoms with Crippen LogP contribution in [0.2, 0.25) is 0 Å². The summed E-state index contributed by atoms with van der Waals surface area (Å²) in [7, 11) is -9.40. The first-order chi connectivity index (χ1) is 29.4. The summed E-state index contributed by atoms with van der Waals surface area (Å²) in [5, 5.41) is 9.08. The predicted octanol–water partition coefficient (Wildman–Crippen LogP) is 2.60. The van der Waals surface area contributed by atoms with E-state index in [1.54, 1.807) is 9.03 Å². The first-order valence-electron chi connectivity index (χ1n) is 23.3. The number of carbonyl (C=O) groups excluding carboxylic acids is 5. The van der Waals surface area contributed by atoms with Gasteiger partial charge in [-0.05, 0) is 107 Å². The number of hydrogen-bond acceptors (Lipinski definition) is 10. The number of rotatable bonds is 15. The Bertz CT molecular complexity index is 2070. The van der Waals surface area contributed by atoms with E-state index in [1.165, 1.54) is 6.08 Å². The Morgan fingerprint density at radius 3 is 1.97 bits per heavy atom. The van der Waals surface area contributed by atoms with Crippen molar-refractivity contribution in [2.24, 2.45) is 33.5 Å². The molecule has 7 fully saturated rings. The minimum atomic E-state index is -4.94. The van der Waals surface area contributed by atoms with Crippen LogP contribution in [0.5, 0.6) is 0 Å². The Balaban J connectivity index is 1.14. The molecule has 3 heterocycles. The minimum absolute atomic E-state index is 0.00838. The third-order valence-corrected chi connectivity index (χ3v) is 19.9. The van der Waals surface area contributed by atoms with Crippen molar-refractivity contribution in [3.8, 4) is 0 Å². The van der Waals surface area contributed by atoms with Crippen LogP contribution in [0.1, 0.15) is 138 Å². The maximum Gasteiger partial charge on any atom is 0.315 e. The number of carbonyl (C=O) groups is 5. The third kappa shape index (κ3) is 8.48. The molecule has 7 rings (SSSR count). The Labute approximate surface area is 374 Å². The number of likely N-dealkylation sites (tertiary alicyclic amines) is 2. The summed E-state index contributed by atoms with van der Waals surface area (Å²) >= 11 is 0. The lowest BCUT2D eigenvalue weighted by Crippen LogP contribution is -2.63. The maximum atomic E-state index is 15.3. The molecule has 3 saturated heterocycles. The molecule has 0 unspecified atom stereocenters. The lowest BCUT2D eigenvalue weighted by atomic mass is 9.73. The van der Waals surface area contributed by atoms with Gasteiger partial charge in [0.2, 0.25) is 23.6 Å². The van der Waals surface area contributed by atoms with Crippen LogP contribution in [-0.2, 0) is 44.4 Å². The zero-order valence-corrected chi connectivity index (χ0v) is 40.0. The molecule has 4 aliphatic carbocycles. The van der Waals surface area contributed by atoms with Gasteiger partial charge in [0.1, 0.15) is 23.7 Å². The number of nitrogens with zero attached hydrogens (tertiary/aromatic N) is 3. The van der Waals surface area contributed by atoms with E-state index in [-0.39, 0.29) is 60.8 Å². The molecule has 354 valence electrons. The zero-order chi connectivity index (χ0) is 46.1. The van der Waals surface area contributed by atoms with E-state index in [2.05, 4.69) is 55.1 Å². The van der Waals surface area contributed by atoms with Crippen LogP contribution < -0.4 is 24.8 Å². The molecule has 7 atom stereocenters. The van der Waals surface area contributed by atoms with Crippen molar-refractivity contribution in [1.29, 1.82) is 0 Å². The van der Waals surface area contributed by atoms with Gasteiger partial charge in [-0.1, -0.05) is 70.5 Å². The Kier molecular flexibility index (Phi) is 12.9. The average Bonchev–Trinajstić information content (AvgIpc) is 3.61. The van der Waals surface area contributed by atoms with E-state index in [9.17, 15) is 36.0 Å². The molecule has 7 aliphatic rings. The van der Waals surface area contributed by atoms with E-state index in [4.69, 9.17) is 0 Å². The monoisotopic (exact) mass is 920 g/mol. The molecule has 0 bridgehead atoms. The predicted molar refractivity (Wildman–Crippen MR) is 236 cm³/mol. The van der Waals surface area contributed by atoms with E-state index >= 15 is 4.79 Å². The van der Waals surface area contributed by atoms with Crippen molar-refractivity contribution in [3.63, 3.8) is 0 Å². The van der Waals surface area contributed by atoms with Gasteiger partial charge >= 0.3 is 10.2 Å². The SMILES string of the molecule is C=C[C@@H]1C[C@]1(NC(=O)[C@@H]1C[C@@]2(CN1C(=O)[C@@H](NC(=O)[C@@H](NC(=O)[C@@H]1CCCN1C(C)C)C1CCCCC1)C(C)(C)C)C(C)(C)C21CCC1)C(=O)NS(=O)(=O)NS(=O)(=O)N1CCCC1. The molecule has 5 N–H and O–H groups in total. The van der Waals surface area contributed by atoms with E-state index < -0.39 is 84.5 Å². The quantitative estimate of drug-likeness (QED) is 0.151. The van der Waals surface area contributed by atoms with Gasteiger partial charge in [0.25, 0.3) is 16.1 Å². The highest BCUT2D eigenvalue weighted by molar-refractivity contribution is 8.03. The van der Waals surface area contributed by atoms with E-state index in [1.807, 2.05) is 25.5 Å². The van der Waals surface area contributed by atoms with Gasteiger partial charge in [-0.2, -0.15) is 21.1 Å². The van der Waals surface area contributed by atoms with Crippen LogP contribution in [0.15, 0.2) is 12.7 Å². The van der Waals surface area contributed by atoms with Crippen LogP contribution in [0.4, 0.5) is 0 Å². The fourth-order valence-corrected chi connectivity index (χ4v) is 15.5. The van der Waals surface area contributed by atoms with E-state index in [0.29, 0.717) is 25.7 Å². The highest BCUT2D eigenvalue weighted by Gasteiger charge is 2.85. The van der Waals surface area contributed by atoms with Gasteiger partial charge in [-0.3, -0.25) is 28.9 Å². The molecule has 0 aromatic carbocycles. The van der Waals surface area contributed by atoms with Gasteiger partial charge in [-0.15, -0.1) is 6.58 Å². The number of hydrogen-bond donors (Lipinski definition) is 5. The normalized spacial score (nSPS) is 31.6. The second-order valence-electron chi connectivity index (χ2n) is 21.6. The standard InChI is InChI=1S/C44H72N8O9S2/c1-9-30-25-44(30,39(57)48-62(58,59)49-63(60,61)50-22-13-14-23-50)47-36(54)32-26-43(41(7,8)42(43)20-16-21-42)27-52(32)38(56)34(40(4,5)6)46-37(55)33(29-17-11-10-12-18-29)45-35(53)31-19-15-24-51(31)28(2)3/h9,28-34,49H,1,10-27H2,2-8H3,(H,45,53)(H,46,55)(H,47,54)(H,48,57)/t30-,31+,32+,33+,34-,43-,44-/m1/s1. The fraction of sp³-hybridized carbons (Fsp3) is 0.841. The molecule has 4 saturated carbocycles. The smallest absolute Gasteiger partial charge is 0.315 e. The molecule has 19 heteroatoms. The van der Waals surface area contributed by atoms with Gasteiger partial charge in [0, 0.05) is 37.0 Å². The molecular formula is C44H72N8O9S2. The summed E-state index contributed by atoms with van der Waals surface area (Å²) in [4.78, 5) is 76.3. The second-order valence-corrected chi connectivity index (χ2v) is 25.0. The lowest BCUT2D eigenvalue weighted by molar-refractivity contribution is -0.145. The van der Waals surface area contributed by atoms with Gasteiger partial charge in [0.05, 0.1) is 6.04 Å². The van der Waals surface area contributed by atoms with Crippen molar-refractivity contribution in [2.45, 2.75) is 174 Å². The Morgan fingerprint density at radius 1 is 0.778 bits per heavy atom. The number of nitrogens with one attached hydrogen (secondary N) is 5. The minimum Gasteiger partial charge on any atom is -0.343 e. The average molecular weight is 921 g/mol. The summed E-state index contributed by atoms with van der Waals surface area (Å²) in [6.07, 6.45) is 11.9. The largest absolute Gasteiger partial charge is 0.343 e. The summed E-state index contributed by atoms with van der Waals surface area (Å²) in [6.45, 7) is 19.2. The molecule has 2 spiro atoms. The van der Waals surface area contributed by atoms with Crippen molar-refractivity contribution in [2.75, 3.05) is 26.2 Å². The molecule has 5 amide bonds. The topological polar surface area (TPSA) is 224 Å². The first kappa shape index (κ1) is 47.8. The first-order valence-corrected chi connectivity index (χ1v) is 26.3. The van der Waals surface area contributed by atoms with Gasteiger partial charge in [-0.25, -0.2) is 4.72 Å². The molecular weight excluding hydrogens is 849 g/mol. The highest BCUT2D eigenvalue weighted by Crippen LogP contribution is 2.88. The number of fused-ring (bicyclic) bond motifs is 1. The fourth-order valence-electron chi connectivity index (χ4n) is 12.6. The summed E-state index contributed by atoms with van der Waals surface area (Å²) in [5.74, 6) is -3.62. The van der Waals surface area contributed by atoms with Crippen LogP contribution in [0.3, 0.4) is 0 Å². The van der Waals surface area contributed by atoms with Gasteiger partial charge < -0.3 is 20.9 Å². The van der Waals surface area contributed by atoms with Crippen LogP contribution in [-0.4, -0.2) is 122 Å². The summed E-state index contributed by atoms with van der Waals surface area (Å²) in [6, 6.07) is -3.20. The van der Waals surface area contributed by atoms with Crippen molar-refractivity contribution >= 4 is 50.0 Å². The Morgan fingerprint density at radius 2 is 1.43 bits per heavy atom. The molecule has 63 heavy (non-hydrogen) atoms. The molecule has 0 radical (unpaired) electrons. The summed E-state index contributed by atoms with van der Waals surface area (Å²) < 4.78 is 56.3. The molecule has 0 aromatic heterocycles. The molecule has 0 aromatic rings. The van der Waals surface area contributed by atoms with Crippen molar-refractivity contribution in [3.05, 3.63) is 12.7 Å². The lowest BCUT2D eigenvalue weighted by Gasteiger charge is -2.38. The van der Waals surface area contributed by atoms with Crippen molar-refractivity contribution < 1.29 is 40.8 Å². The second kappa shape index (κ2) is 16.9. The maximum absolute atomic E-state index is 15.3. The molecule has 17 nitrogen and oxygen atoms in total. The summed E-state index contributed by atoms with van der Waals surface area (Å²) in [5.41, 5.74) is -3.33. The van der Waals surface area contributed by atoms with Crippen LogP contribution in [0, 0.1) is 33.5 Å². The zero-order valence-electron chi connectivity index (χ0n) is 38.4. The van der Waals surface area contributed by atoms with Crippen LogP contribution in [0.25, 0.3) is 0 Å². The number of amides is 5. The van der Waals surface area contributed by atoms with Gasteiger partial charge in [0.15, 0.2) is 0 Å². The molecule has 3 aliphatic heterocycles. The van der Waals surface area contributed by atoms with Crippen molar-refractivity contribution in [1.82, 2.24) is 38.9 Å². The van der Waals surface area contributed by atoms with E-state index in [0.717, 1.165) is 68.6 Å². The Hall–Kier alpha value is -3.13. The highest BCUT2D eigenvalue weighted by atomic mass is 32.3.